The number of ether oxygens (including phenoxy) is 1. The van der Waals surface area contributed by atoms with Crippen molar-refractivity contribution in [3.63, 3.8) is 0 Å². The first-order valence-corrected chi connectivity index (χ1v) is 7.07. The lowest BCUT2D eigenvalue weighted by Gasteiger charge is -2.10. The van der Waals surface area contributed by atoms with Crippen LogP contribution in [-0.4, -0.2) is 18.8 Å². The molecular weight excluding hydrogens is 309 g/mol. The van der Waals surface area contributed by atoms with Crippen molar-refractivity contribution in [2.45, 2.75) is 6.42 Å². The van der Waals surface area contributed by atoms with Crippen LogP contribution in [0.1, 0.15) is 12.0 Å². The quantitative estimate of drug-likeness (QED) is 0.765. The molecular formula is C16H11Cl2NO2. The van der Waals surface area contributed by atoms with Crippen molar-refractivity contribution in [3.8, 4) is 0 Å². The van der Waals surface area contributed by atoms with Crippen molar-refractivity contribution in [2.75, 3.05) is 7.11 Å². The Hall–Kier alpha value is -1.84. The third kappa shape index (κ3) is 2.80. The van der Waals surface area contributed by atoms with Gasteiger partial charge in [-0.25, -0.2) is 4.79 Å². The number of methoxy groups -OCH3 is 1. The van der Waals surface area contributed by atoms with Crippen molar-refractivity contribution in [1.29, 1.82) is 0 Å². The van der Waals surface area contributed by atoms with E-state index >= 15 is 0 Å². The smallest absolute Gasteiger partial charge is 0.334 e. The molecule has 2 aliphatic rings. The summed E-state index contributed by atoms with van der Waals surface area (Å²) in [5, 5.41) is 1.13. The van der Waals surface area contributed by atoms with Crippen LogP contribution in [0, 0.1) is 0 Å². The number of rotatable bonds is 2. The predicted octanol–water partition coefficient (Wildman–Crippen LogP) is 4.22. The van der Waals surface area contributed by atoms with Gasteiger partial charge in [-0.1, -0.05) is 35.4 Å². The first-order chi connectivity index (χ1) is 10.1. The summed E-state index contributed by atoms with van der Waals surface area (Å²) in [5.41, 5.74) is 4.09. The van der Waals surface area contributed by atoms with Gasteiger partial charge < -0.3 is 4.74 Å². The van der Waals surface area contributed by atoms with Gasteiger partial charge in [0.05, 0.1) is 18.5 Å². The van der Waals surface area contributed by atoms with E-state index in [1.165, 1.54) is 7.11 Å². The zero-order chi connectivity index (χ0) is 15.0. The van der Waals surface area contributed by atoms with Crippen molar-refractivity contribution >= 4 is 40.6 Å². The maximum Gasteiger partial charge on any atom is 0.334 e. The third-order valence-corrected chi connectivity index (χ3v) is 3.75. The van der Waals surface area contributed by atoms with E-state index < -0.39 is 0 Å². The Morgan fingerprint density at radius 3 is 2.57 bits per heavy atom. The summed E-state index contributed by atoms with van der Waals surface area (Å²) in [6.45, 7) is 0. The minimum absolute atomic E-state index is 0.327. The van der Waals surface area contributed by atoms with Gasteiger partial charge in [-0.05, 0) is 29.8 Å². The Balaban J connectivity index is 1.92. The summed E-state index contributed by atoms with van der Waals surface area (Å²) in [4.78, 5) is 16.1. The highest BCUT2D eigenvalue weighted by molar-refractivity contribution is 6.35. The van der Waals surface area contributed by atoms with Crippen molar-refractivity contribution in [1.82, 2.24) is 0 Å². The fraction of sp³-hybridized carbons (Fsp3) is 0.125. The van der Waals surface area contributed by atoms with Gasteiger partial charge in [-0.3, -0.25) is 4.99 Å². The van der Waals surface area contributed by atoms with Crippen LogP contribution >= 0.6 is 23.2 Å². The fourth-order valence-electron chi connectivity index (χ4n) is 2.31. The number of hydrogen-bond donors (Lipinski definition) is 0. The second-order valence-corrected chi connectivity index (χ2v) is 5.60. The molecule has 0 bridgehead atoms. The van der Waals surface area contributed by atoms with Gasteiger partial charge in [0.25, 0.3) is 0 Å². The molecule has 1 aliphatic carbocycles. The fourth-order valence-corrected chi connectivity index (χ4v) is 2.84. The molecule has 1 aliphatic heterocycles. The summed E-state index contributed by atoms with van der Waals surface area (Å²) < 4.78 is 4.74. The average molecular weight is 320 g/mol. The van der Waals surface area contributed by atoms with Crippen LogP contribution in [0.5, 0.6) is 0 Å². The summed E-state index contributed by atoms with van der Waals surface area (Å²) in [7, 11) is 1.37. The van der Waals surface area contributed by atoms with Crippen LogP contribution < -0.4 is 0 Å². The SMILES string of the molecule is COC(=O)C1=CC=C2C=C(c3cc(Cl)cc(Cl)c3)N=C2C1. The van der Waals surface area contributed by atoms with Gasteiger partial charge in [-0.15, -0.1) is 0 Å². The van der Waals surface area contributed by atoms with Gasteiger partial charge in [0.15, 0.2) is 0 Å². The summed E-state index contributed by atoms with van der Waals surface area (Å²) in [6, 6.07) is 5.31. The highest BCUT2D eigenvalue weighted by Gasteiger charge is 2.23. The number of fused-ring (bicyclic) bond motifs is 1. The van der Waals surface area contributed by atoms with Crippen LogP contribution in [0.25, 0.3) is 5.70 Å². The van der Waals surface area contributed by atoms with Crippen LogP contribution in [0.3, 0.4) is 0 Å². The van der Waals surface area contributed by atoms with Gasteiger partial charge in [0.1, 0.15) is 0 Å². The zero-order valence-electron chi connectivity index (χ0n) is 11.2. The molecule has 1 aromatic carbocycles. The number of esters is 1. The molecule has 106 valence electrons. The largest absolute Gasteiger partial charge is 0.466 e. The first-order valence-electron chi connectivity index (χ1n) is 6.32. The van der Waals surface area contributed by atoms with Crippen molar-refractivity contribution < 1.29 is 9.53 Å². The van der Waals surface area contributed by atoms with Crippen LogP contribution in [0.4, 0.5) is 0 Å². The monoisotopic (exact) mass is 319 g/mol. The van der Waals surface area contributed by atoms with E-state index in [9.17, 15) is 4.79 Å². The molecule has 21 heavy (non-hydrogen) atoms. The highest BCUT2D eigenvalue weighted by Crippen LogP contribution is 2.32. The molecule has 0 amide bonds. The number of aliphatic imine (C=N–C) groups is 1. The normalized spacial score (nSPS) is 16.5. The van der Waals surface area contributed by atoms with E-state index in [0.29, 0.717) is 22.0 Å². The molecule has 1 aromatic rings. The highest BCUT2D eigenvalue weighted by atomic mass is 35.5. The Labute approximate surface area is 132 Å². The minimum Gasteiger partial charge on any atom is -0.466 e. The number of hydrogen-bond acceptors (Lipinski definition) is 3. The molecule has 0 spiro atoms. The molecule has 0 radical (unpaired) electrons. The summed E-state index contributed by atoms with van der Waals surface area (Å²) in [5.74, 6) is -0.327. The molecule has 0 N–H and O–H groups in total. The molecule has 3 rings (SSSR count). The van der Waals surface area contributed by atoms with Gasteiger partial charge in [-0.2, -0.15) is 0 Å². The Morgan fingerprint density at radius 2 is 1.90 bits per heavy atom. The van der Waals surface area contributed by atoms with E-state index in [0.717, 1.165) is 22.5 Å². The number of nitrogens with zero attached hydrogens (tertiary/aromatic N) is 1. The molecule has 0 saturated heterocycles. The van der Waals surface area contributed by atoms with Gasteiger partial charge >= 0.3 is 5.97 Å². The number of halogens is 2. The lowest BCUT2D eigenvalue weighted by atomic mass is 9.97. The Kier molecular flexibility index (Phi) is 3.70. The summed E-state index contributed by atoms with van der Waals surface area (Å²) in [6.07, 6.45) is 6.06. The van der Waals surface area contributed by atoms with Gasteiger partial charge in [0.2, 0.25) is 0 Å². The van der Waals surface area contributed by atoms with Crippen LogP contribution in [0.2, 0.25) is 10.0 Å². The Bertz CT molecular complexity index is 737. The number of carbonyl (C=O) groups excluding carboxylic acids is 1. The first kappa shape index (κ1) is 14.1. The third-order valence-electron chi connectivity index (χ3n) is 3.31. The number of carbonyl (C=O) groups is 1. The second-order valence-electron chi connectivity index (χ2n) is 4.73. The standard InChI is InChI=1S/C16H11Cl2NO2/c1-21-16(20)10-3-2-9-6-15(19-14(9)7-10)11-4-12(17)8-13(18)5-11/h2-6,8H,7H2,1H3. The predicted molar refractivity (Wildman–Crippen MR) is 84.7 cm³/mol. The van der Waals surface area contributed by atoms with E-state index in [1.54, 1.807) is 12.1 Å². The maximum atomic E-state index is 11.6. The molecule has 0 atom stereocenters. The maximum absolute atomic E-state index is 11.6. The van der Waals surface area contributed by atoms with E-state index in [1.807, 2.05) is 24.3 Å². The lowest BCUT2D eigenvalue weighted by molar-refractivity contribution is -0.136. The van der Waals surface area contributed by atoms with E-state index in [2.05, 4.69) is 4.99 Å². The van der Waals surface area contributed by atoms with Crippen molar-refractivity contribution in [2.24, 2.45) is 4.99 Å². The molecule has 0 unspecified atom stereocenters. The Morgan fingerprint density at radius 1 is 1.19 bits per heavy atom. The summed E-state index contributed by atoms with van der Waals surface area (Å²) >= 11 is 12.0. The average Bonchev–Trinajstić information content (AvgIpc) is 2.88. The van der Waals surface area contributed by atoms with Crippen LogP contribution in [0.15, 0.2) is 52.6 Å². The number of benzene rings is 1. The molecule has 0 fully saturated rings. The second kappa shape index (κ2) is 5.51. The molecule has 5 heteroatoms. The lowest BCUT2D eigenvalue weighted by Crippen LogP contribution is -2.12. The van der Waals surface area contributed by atoms with Crippen LogP contribution in [-0.2, 0) is 9.53 Å². The van der Waals surface area contributed by atoms with E-state index in [4.69, 9.17) is 27.9 Å². The molecule has 1 heterocycles. The molecule has 3 nitrogen and oxygen atoms in total. The zero-order valence-corrected chi connectivity index (χ0v) is 12.7. The number of allylic oxidation sites excluding steroid dienone is 4. The molecule has 0 saturated carbocycles. The molecule has 0 aromatic heterocycles. The van der Waals surface area contributed by atoms with Gasteiger partial charge in [0, 0.05) is 27.6 Å². The van der Waals surface area contributed by atoms with Crippen molar-refractivity contribution in [3.05, 3.63) is 63.2 Å². The minimum atomic E-state index is -0.327. The van der Waals surface area contributed by atoms with E-state index in [-0.39, 0.29) is 5.97 Å². The topological polar surface area (TPSA) is 38.7 Å².